The number of hydrogen-bond donors (Lipinski definition) is 1. The molecule has 2 nitrogen and oxygen atoms in total. The van der Waals surface area contributed by atoms with Crippen molar-refractivity contribution in [2.45, 2.75) is 70.1 Å². The highest BCUT2D eigenvalue weighted by atomic mass is 32.1. The Kier molecular flexibility index (Phi) is 4.67. The molecule has 0 spiro atoms. The number of thiophene rings is 1. The molecule has 4 fully saturated rings. The van der Waals surface area contributed by atoms with Gasteiger partial charge in [-0.25, -0.2) is 4.79 Å². The van der Waals surface area contributed by atoms with Crippen molar-refractivity contribution in [3.8, 4) is 0 Å². The molecule has 9 unspecified atom stereocenters. The number of allylic oxidation sites excluding steroid dienone is 2. The zero-order chi connectivity index (χ0) is 19.5. The average molecular weight is 411 g/mol. The topological polar surface area (TPSA) is 37.3 Å². The molecule has 1 aromatic heterocycles. The van der Waals surface area contributed by atoms with Gasteiger partial charge in [-0.2, -0.15) is 0 Å². The number of carbonyl (C=O) groups is 1. The predicted octanol–water partition coefficient (Wildman–Crippen LogP) is 6.98. The first kappa shape index (κ1) is 18.7. The van der Waals surface area contributed by atoms with E-state index in [1.165, 1.54) is 75.5 Å². The number of carboxylic acids is 1. The van der Waals surface area contributed by atoms with Crippen LogP contribution in [0.4, 0.5) is 0 Å². The fourth-order valence-electron chi connectivity index (χ4n) is 8.97. The molecule has 5 aliphatic carbocycles. The molecule has 1 N–H and O–H groups in total. The standard InChI is InChI=1S/C26H34O2S/c27-26(28)25-20(12-13-29-25)17-5-7-19-16(14-17)6-9-24-22(19)11-10-21-18-3-1-2-15(18)4-8-23(21)24/h1-2,12-13,15-19,21-24H,3-11,14H2,(H,27,28). The first-order valence-corrected chi connectivity index (χ1v) is 13.1. The van der Waals surface area contributed by atoms with Crippen LogP contribution < -0.4 is 0 Å². The number of rotatable bonds is 2. The van der Waals surface area contributed by atoms with Crippen molar-refractivity contribution in [3.05, 3.63) is 34.0 Å². The first-order valence-electron chi connectivity index (χ1n) is 12.2. The van der Waals surface area contributed by atoms with Crippen LogP contribution in [0.15, 0.2) is 23.6 Å². The van der Waals surface area contributed by atoms with Gasteiger partial charge in [0.15, 0.2) is 0 Å². The molecule has 0 saturated heterocycles. The summed E-state index contributed by atoms with van der Waals surface area (Å²) in [5.74, 6) is 7.44. The van der Waals surface area contributed by atoms with Crippen LogP contribution in [0.3, 0.4) is 0 Å². The molecular weight excluding hydrogens is 376 g/mol. The summed E-state index contributed by atoms with van der Waals surface area (Å²) in [6.07, 6.45) is 19.0. The van der Waals surface area contributed by atoms with Gasteiger partial charge >= 0.3 is 5.97 Å². The molecule has 0 bridgehead atoms. The van der Waals surface area contributed by atoms with Crippen molar-refractivity contribution < 1.29 is 9.90 Å². The van der Waals surface area contributed by atoms with Crippen LogP contribution in [0.5, 0.6) is 0 Å². The summed E-state index contributed by atoms with van der Waals surface area (Å²) in [4.78, 5) is 12.2. The monoisotopic (exact) mass is 410 g/mol. The molecule has 156 valence electrons. The summed E-state index contributed by atoms with van der Waals surface area (Å²) < 4.78 is 0. The molecule has 1 aromatic rings. The normalized spacial score (nSPS) is 45.7. The molecule has 4 saturated carbocycles. The molecule has 29 heavy (non-hydrogen) atoms. The Morgan fingerprint density at radius 3 is 2.38 bits per heavy atom. The lowest BCUT2D eigenvalue weighted by atomic mass is 9.48. The van der Waals surface area contributed by atoms with E-state index in [4.69, 9.17) is 0 Å². The number of carboxylic acid groups (broad SMARTS) is 1. The first-order chi connectivity index (χ1) is 14.2. The fourth-order valence-corrected chi connectivity index (χ4v) is 9.79. The second kappa shape index (κ2) is 7.25. The van der Waals surface area contributed by atoms with Gasteiger partial charge in [0.05, 0.1) is 0 Å². The molecule has 1 heterocycles. The molecule has 5 aliphatic rings. The molecule has 0 radical (unpaired) electrons. The minimum Gasteiger partial charge on any atom is -0.477 e. The van der Waals surface area contributed by atoms with E-state index in [1.807, 2.05) is 5.38 Å². The highest BCUT2D eigenvalue weighted by Gasteiger charge is 2.52. The Balaban J connectivity index is 1.18. The van der Waals surface area contributed by atoms with Crippen molar-refractivity contribution in [2.75, 3.05) is 0 Å². The third-order valence-electron chi connectivity index (χ3n) is 10.00. The third kappa shape index (κ3) is 2.98. The Morgan fingerprint density at radius 1 is 0.862 bits per heavy atom. The number of aromatic carboxylic acids is 1. The summed E-state index contributed by atoms with van der Waals surface area (Å²) in [6.45, 7) is 0. The van der Waals surface area contributed by atoms with Gasteiger partial charge in [0.25, 0.3) is 0 Å². The zero-order valence-electron chi connectivity index (χ0n) is 17.3. The number of fused-ring (bicyclic) bond motifs is 7. The SMILES string of the molecule is O=C(O)c1sccc1C1CCC2C(CCC3C2CCC2C4CC=CC4CCC23)C1. The molecule has 0 aromatic carbocycles. The van der Waals surface area contributed by atoms with E-state index in [0.29, 0.717) is 10.8 Å². The summed E-state index contributed by atoms with van der Waals surface area (Å²) in [7, 11) is 0. The lowest BCUT2D eigenvalue weighted by Gasteiger charge is -2.57. The second-order valence-corrected chi connectivity index (χ2v) is 11.7. The van der Waals surface area contributed by atoms with E-state index in [9.17, 15) is 9.90 Å². The van der Waals surface area contributed by atoms with Crippen LogP contribution >= 0.6 is 11.3 Å². The van der Waals surface area contributed by atoms with Gasteiger partial charge in [-0.1, -0.05) is 12.2 Å². The third-order valence-corrected chi connectivity index (χ3v) is 10.9. The van der Waals surface area contributed by atoms with Crippen LogP contribution in [-0.2, 0) is 0 Å². The van der Waals surface area contributed by atoms with E-state index in [-0.39, 0.29) is 0 Å². The Labute approximate surface area is 178 Å². The fraction of sp³-hybridized carbons (Fsp3) is 0.731. The summed E-state index contributed by atoms with van der Waals surface area (Å²) in [5.41, 5.74) is 1.14. The Bertz CT molecular complexity index is 809. The molecule has 0 amide bonds. The summed E-state index contributed by atoms with van der Waals surface area (Å²) in [5, 5.41) is 11.5. The lowest BCUT2D eigenvalue weighted by Crippen LogP contribution is -2.48. The van der Waals surface area contributed by atoms with Crippen molar-refractivity contribution in [1.82, 2.24) is 0 Å². The average Bonchev–Trinajstić information content (AvgIpc) is 3.42. The van der Waals surface area contributed by atoms with Gasteiger partial charge in [-0.3, -0.25) is 0 Å². The predicted molar refractivity (Wildman–Crippen MR) is 117 cm³/mol. The maximum Gasteiger partial charge on any atom is 0.346 e. The van der Waals surface area contributed by atoms with Crippen LogP contribution in [0.2, 0.25) is 0 Å². The van der Waals surface area contributed by atoms with Crippen LogP contribution in [0.1, 0.15) is 85.4 Å². The summed E-state index contributed by atoms with van der Waals surface area (Å²) in [6, 6.07) is 2.10. The minimum atomic E-state index is -0.726. The number of hydrogen-bond acceptors (Lipinski definition) is 2. The van der Waals surface area contributed by atoms with E-state index >= 15 is 0 Å². The largest absolute Gasteiger partial charge is 0.477 e. The molecule has 6 rings (SSSR count). The van der Waals surface area contributed by atoms with Gasteiger partial charge in [0, 0.05) is 0 Å². The van der Waals surface area contributed by atoms with Crippen molar-refractivity contribution >= 4 is 17.3 Å². The quantitative estimate of drug-likeness (QED) is 0.534. The highest BCUT2D eigenvalue weighted by molar-refractivity contribution is 7.12. The van der Waals surface area contributed by atoms with E-state index in [1.54, 1.807) is 0 Å². The Hall–Kier alpha value is -1.09. The molecule has 3 heteroatoms. The molecule has 0 aliphatic heterocycles. The van der Waals surface area contributed by atoms with Crippen molar-refractivity contribution in [3.63, 3.8) is 0 Å². The van der Waals surface area contributed by atoms with Crippen LogP contribution in [0, 0.1) is 47.3 Å². The van der Waals surface area contributed by atoms with Crippen LogP contribution in [0.25, 0.3) is 0 Å². The lowest BCUT2D eigenvalue weighted by molar-refractivity contribution is -0.0654. The minimum absolute atomic E-state index is 0.487. The smallest absolute Gasteiger partial charge is 0.346 e. The maximum absolute atomic E-state index is 11.6. The second-order valence-electron chi connectivity index (χ2n) is 10.8. The van der Waals surface area contributed by atoms with Gasteiger partial charge in [0.2, 0.25) is 0 Å². The van der Waals surface area contributed by atoms with Crippen molar-refractivity contribution in [1.29, 1.82) is 0 Å². The van der Waals surface area contributed by atoms with E-state index in [2.05, 4.69) is 18.2 Å². The van der Waals surface area contributed by atoms with Gasteiger partial charge in [-0.05, 0) is 134 Å². The Morgan fingerprint density at radius 2 is 1.55 bits per heavy atom. The van der Waals surface area contributed by atoms with Crippen LogP contribution in [-0.4, -0.2) is 11.1 Å². The molecular formula is C26H34O2S. The van der Waals surface area contributed by atoms with Gasteiger partial charge in [-0.15, -0.1) is 11.3 Å². The maximum atomic E-state index is 11.6. The van der Waals surface area contributed by atoms with Crippen molar-refractivity contribution in [2.24, 2.45) is 47.3 Å². The van der Waals surface area contributed by atoms with Gasteiger partial charge in [0.1, 0.15) is 4.88 Å². The van der Waals surface area contributed by atoms with E-state index < -0.39 is 5.97 Å². The molecule has 9 atom stereocenters. The summed E-state index contributed by atoms with van der Waals surface area (Å²) >= 11 is 1.41. The van der Waals surface area contributed by atoms with Gasteiger partial charge < -0.3 is 5.11 Å². The van der Waals surface area contributed by atoms with E-state index in [0.717, 1.165) is 52.9 Å². The zero-order valence-corrected chi connectivity index (χ0v) is 18.2. The highest BCUT2D eigenvalue weighted by Crippen LogP contribution is 2.61.